The molecule has 2 aromatic carbocycles. The molecule has 0 unspecified atom stereocenters. The van der Waals surface area contributed by atoms with Crippen LogP contribution in [0.4, 0.5) is 5.69 Å². The quantitative estimate of drug-likeness (QED) is 0.769. The van der Waals surface area contributed by atoms with Crippen LogP contribution in [0.1, 0.15) is 22.3 Å². The van der Waals surface area contributed by atoms with E-state index in [0.717, 1.165) is 33.5 Å². The van der Waals surface area contributed by atoms with Gasteiger partial charge >= 0.3 is 0 Å². The monoisotopic (exact) mass is 361 g/mol. The second-order valence-corrected chi connectivity index (χ2v) is 6.93. The van der Waals surface area contributed by atoms with Gasteiger partial charge in [0.05, 0.1) is 12.0 Å². The fourth-order valence-corrected chi connectivity index (χ4v) is 3.14. The highest BCUT2D eigenvalue weighted by molar-refractivity contribution is 5.92. The maximum absolute atomic E-state index is 12.4. The molecule has 0 aliphatic carbocycles. The first-order valence-corrected chi connectivity index (χ1v) is 8.85. The van der Waals surface area contributed by atoms with E-state index in [-0.39, 0.29) is 18.0 Å². The van der Waals surface area contributed by atoms with Crippen LogP contribution in [0.2, 0.25) is 0 Å². The minimum atomic E-state index is -0.256. The summed E-state index contributed by atoms with van der Waals surface area (Å²) in [6.45, 7) is 7.86. The predicted octanol–water partition coefficient (Wildman–Crippen LogP) is 3.78. The number of benzene rings is 2. The van der Waals surface area contributed by atoms with Crippen LogP contribution in [-0.4, -0.2) is 15.5 Å². The number of carbonyl (C=O) groups is 1. The number of rotatable bonds is 4. The highest BCUT2D eigenvalue weighted by Gasteiger charge is 2.11. The molecule has 138 valence electrons. The summed E-state index contributed by atoms with van der Waals surface area (Å²) in [5.74, 6) is -0.253. The Labute approximate surface area is 158 Å². The predicted molar refractivity (Wildman–Crippen MR) is 108 cm³/mol. The van der Waals surface area contributed by atoms with E-state index in [2.05, 4.69) is 10.3 Å². The first kappa shape index (κ1) is 18.6. The molecule has 0 radical (unpaired) electrons. The Morgan fingerprint density at radius 3 is 2.19 bits per heavy atom. The molecule has 27 heavy (non-hydrogen) atoms. The van der Waals surface area contributed by atoms with Crippen molar-refractivity contribution in [2.24, 2.45) is 0 Å². The molecular weight excluding hydrogens is 338 g/mol. The first-order valence-electron chi connectivity index (χ1n) is 8.85. The SMILES string of the molecule is Cc1ccc(-c2cc(=O)n(CC(=O)Nc3c(C)cc(C)cc3C)cn2)cc1. The number of nitrogens with one attached hydrogen (secondary N) is 1. The van der Waals surface area contributed by atoms with Crippen LogP contribution >= 0.6 is 0 Å². The molecule has 0 aliphatic heterocycles. The third-order valence-corrected chi connectivity index (χ3v) is 4.48. The lowest BCUT2D eigenvalue weighted by Crippen LogP contribution is -2.28. The number of hydrogen-bond donors (Lipinski definition) is 1. The molecule has 1 amide bonds. The molecule has 3 rings (SSSR count). The van der Waals surface area contributed by atoms with Gasteiger partial charge < -0.3 is 5.32 Å². The van der Waals surface area contributed by atoms with Crippen LogP contribution in [0.15, 0.2) is 53.6 Å². The zero-order valence-electron chi connectivity index (χ0n) is 16.0. The van der Waals surface area contributed by atoms with E-state index in [1.807, 2.05) is 64.1 Å². The van der Waals surface area contributed by atoms with Gasteiger partial charge in [0.15, 0.2) is 0 Å². The maximum atomic E-state index is 12.4. The van der Waals surface area contributed by atoms with Gasteiger partial charge in [0, 0.05) is 17.3 Å². The van der Waals surface area contributed by atoms with Crippen LogP contribution in [0, 0.1) is 27.7 Å². The standard InChI is InChI=1S/C22H23N3O2/c1-14-5-7-18(8-6-14)19-11-21(27)25(13-23-19)12-20(26)24-22-16(3)9-15(2)10-17(22)4/h5-11,13H,12H2,1-4H3,(H,24,26). The van der Waals surface area contributed by atoms with Gasteiger partial charge in [-0.1, -0.05) is 47.5 Å². The van der Waals surface area contributed by atoms with E-state index in [9.17, 15) is 9.59 Å². The van der Waals surface area contributed by atoms with Crippen molar-refractivity contribution >= 4 is 11.6 Å². The van der Waals surface area contributed by atoms with E-state index < -0.39 is 0 Å². The molecule has 5 nitrogen and oxygen atoms in total. The summed E-state index contributed by atoms with van der Waals surface area (Å²) < 4.78 is 1.31. The van der Waals surface area contributed by atoms with Crippen molar-refractivity contribution < 1.29 is 4.79 Å². The van der Waals surface area contributed by atoms with Crippen LogP contribution < -0.4 is 10.9 Å². The van der Waals surface area contributed by atoms with Gasteiger partial charge in [0.1, 0.15) is 6.54 Å². The molecule has 1 N–H and O–H groups in total. The molecule has 0 bridgehead atoms. The number of aromatic nitrogens is 2. The van der Waals surface area contributed by atoms with Crippen LogP contribution in [-0.2, 0) is 11.3 Å². The minimum absolute atomic E-state index is 0.0766. The van der Waals surface area contributed by atoms with Crippen molar-refractivity contribution in [2.45, 2.75) is 34.2 Å². The normalized spacial score (nSPS) is 10.7. The molecule has 0 saturated heterocycles. The number of nitrogens with zero attached hydrogens (tertiary/aromatic N) is 2. The molecular formula is C22H23N3O2. The Hall–Kier alpha value is -3.21. The lowest BCUT2D eigenvalue weighted by molar-refractivity contribution is -0.116. The Kier molecular flexibility index (Phi) is 5.21. The van der Waals surface area contributed by atoms with Gasteiger partial charge in [0.2, 0.25) is 5.91 Å². The van der Waals surface area contributed by atoms with Crippen LogP contribution in [0.3, 0.4) is 0 Å². The summed E-state index contributed by atoms with van der Waals surface area (Å²) >= 11 is 0. The van der Waals surface area contributed by atoms with Gasteiger partial charge in [-0.05, 0) is 38.8 Å². The first-order chi connectivity index (χ1) is 12.8. The van der Waals surface area contributed by atoms with Crippen molar-refractivity contribution in [1.82, 2.24) is 9.55 Å². The number of hydrogen-bond acceptors (Lipinski definition) is 3. The van der Waals surface area contributed by atoms with Gasteiger partial charge in [-0.25, -0.2) is 4.98 Å². The van der Waals surface area contributed by atoms with Crippen molar-refractivity contribution in [3.63, 3.8) is 0 Å². The van der Waals surface area contributed by atoms with Crippen LogP contribution in [0.5, 0.6) is 0 Å². The number of anilines is 1. The molecule has 1 aromatic heterocycles. The average molecular weight is 361 g/mol. The second-order valence-electron chi connectivity index (χ2n) is 6.93. The summed E-state index contributed by atoms with van der Waals surface area (Å²) in [6, 6.07) is 13.3. The average Bonchev–Trinajstić information content (AvgIpc) is 2.60. The molecule has 0 atom stereocenters. The third kappa shape index (κ3) is 4.31. The van der Waals surface area contributed by atoms with E-state index in [0.29, 0.717) is 5.69 Å². The molecule has 0 saturated carbocycles. The second kappa shape index (κ2) is 7.58. The molecule has 3 aromatic rings. The highest BCUT2D eigenvalue weighted by Crippen LogP contribution is 2.22. The fourth-order valence-electron chi connectivity index (χ4n) is 3.14. The van der Waals surface area contributed by atoms with E-state index in [1.165, 1.54) is 17.0 Å². The van der Waals surface area contributed by atoms with Gasteiger partial charge in [-0.3, -0.25) is 14.2 Å². The smallest absolute Gasteiger partial charge is 0.254 e. The van der Waals surface area contributed by atoms with Crippen molar-refractivity contribution in [1.29, 1.82) is 0 Å². The number of carbonyl (C=O) groups excluding carboxylic acids is 1. The molecule has 1 heterocycles. The summed E-state index contributed by atoms with van der Waals surface area (Å²) in [5.41, 5.74) is 6.31. The number of amides is 1. The maximum Gasteiger partial charge on any atom is 0.254 e. The number of aryl methyl sites for hydroxylation is 4. The largest absolute Gasteiger partial charge is 0.324 e. The van der Waals surface area contributed by atoms with E-state index in [4.69, 9.17) is 0 Å². The Balaban J connectivity index is 1.77. The summed E-state index contributed by atoms with van der Waals surface area (Å²) in [7, 11) is 0. The lowest BCUT2D eigenvalue weighted by atomic mass is 10.1. The Morgan fingerprint density at radius 2 is 1.59 bits per heavy atom. The van der Waals surface area contributed by atoms with Crippen molar-refractivity contribution in [2.75, 3.05) is 5.32 Å². The molecule has 5 heteroatoms. The fraction of sp³-hybridized carbons (Fsp3) is 0.227. The van der Waals surface area contributed by atoms with E-state index in [1.54, 1.807) is 0 Å². The summed E-state index contributed by atoms with van der Waals surface area (Å²) in [5, 5.41) is 2.91. The molecule has 0 aliphatic rings. The van der Waals surface area contributed by atoms with Crippen LogP contribution in [0.25, 0.3) is 11.3 Å². The van der Waals surface area contributed by atoms with Crippen molar-refractivity contribution in [3.8, 4) is 11.3 Å². The van der Waals surface area contributed by atoms with Gasteiger partial charge in [-0.2, -0.15) is 0 Å². The highest BCUT2D eigenvalue weighted by atomic mass is 16.2. The third-order valence-electron chi connectivity index (χ3n) is 4.48. The van der Waals surface area contributed by atoms with Gasteiger partial charge in [-0.15, -0.1) is 0 Å². The topological polar surface area (TPSA) is 64.0 Å². The minimum Gasteiger partial charge on any atom is -0.324 e. The Morgan fingerprint density at radius 1 is 0.963 bits per heavy atom. The Bertz CT molecular complexity index is 1030. The molecule has 0 fully saturated rings. The summed E-state index contributed by atoms with van der Waals surface area (Å²) in [4.78, 5) is 29.1. The zero-order valence-corrected chi connectivity index (χ0v) is 16.0. The molecule has 0 spiro atoms. The van der Waals surface area contributed by atoms with Gasteiger partial charge in [0.25, 0.3) is 5.56 Å². The van der Waals surface area contributed by atoms with Crippen molar-refractivity contribution in [3.05, 3.63) is 81.4 Å². The lowest BCUT2D eigenvalue weighted by Gasteiger charge is -2.13. The zero-order chi connectivity index (χ0) is 19.6. The van der Waals surface area contributed by atoms with E-state index >= 15 is 0 Å². The summed E-state index contributed by atoms with van der Waals surface area (Å²) in [6.07, 6.45) is 1.42.